The molecule has 114 valence electrons. The van der Waals surface area contributed by atoms with Crippen LogP contribution in [-0.2, 0) is 14.3 Å². The van der Waals surface area contributed by atoms with Gasteiger partial charge in [-0.15, -0.1) is 0 Å². The zero-order valence-electron chi connectivity index (χ0n) is 12.2. The quantitative estimate of drug-likeness (QED) is 0.809. The van der Waals surface area contributed by atoms with Crippen LogP contribution in [0.5, 0.6) is 0 Å². The number of esters is 1. The molecule has 1 aromatic heterocycles. The summed E-state index contributed by atoms with van der Waals surface area (Å²) in [7, 11) is 1.33. The molecule has 1 aromatic rings. The first-order chi connectivity index (χ1) is 10.0. The zero-order chi connectivity index (χ0) is 15.4. The molecule has 21 heavy (non-hydrogen) atoms. The number of hydrogen-bond acceptors (Lipinski definition) is 6. The number of nitrogens with zero attached hydrogens (tertiary/aromatic N) is 2. The normalized spacial score (nSPS) is 18.4. The molecule has 0 aliphatic carbocycles. The lowest BCUT2D eigenvalue weighted by atomic mass is 10.1. The van der Waals surface area contributed by atoms with Gasteiger partial charge in [-0.3, -0.25) is 14.6 Å². The third kappa shape index (κ3) is 3.69. The van der Waals surface area contributed by atoms with E-state index in [4.69, 9.17) is 10.5 Å². The Balaban J connectivity index is 2.08. The highest BCUT2D eigenvalue weighted by atomic mass is 16.5. The maximum absolute atomic E-state index is 12.5. The zero-order valence-corrected chi connectivity index (χ0v) is 12.2. The average molecular weight is 293 g/mol. The summed E-state index contributed by atoms with van der Waals surface area (Å²) in [5, 5.41) is 0. The molecule has 2 rings (SSSR count). The van der Waals surface area contributed by atoms with Gasteiger partial charge in [-0.05, 0) is 13.0 Å². The molecule has 7 nitrogen and oxygen atoms in total. The molecule has 0 spiro atoms. The summed E-state index contributed by atoms with van der Waals surface area (Å²) in [5.74, 6) is -0.499. The van der Waals surface area contributed by atoms with Crippen molar-refractivity contribution in [1.29, 1.82) is 0 Å². The topological polar surface area (TPSA) is 94.8 Å². The van der Waals surface area contributed by atoms with Gasteiger partial charge in [0.05, 0.1) is 49.4 Å². The summed E-state index contributed by atoms with van der Waals surface area (Å²) in [6.07, 6.45) is 1.31. The van der Waals surface area contributed by atoms with Crippen LogP contribution in [0.3, 0.4) is 0 Å². The lowest BCUT2D eigenvalue weighted by Crippen LogP contribution is -2.46. The first kappa shape index (κ1) is 15.2. The Hall–Kier alpha value is -2.15. The van der Waals surface area contributed by atoms with Crippen LogP contribution in [-0.4, -0.2) is 54.7 Å². The third-order valence-electron chi connectivity index (χ3n) is 3.39. The summed E-state index contributed by atoms with van der Waals surface area (Å²) < 4.78 is 10.1. The van der Waals surface area contributed by atoms with Crippen LogP contribution >= 0.6 is 0 Å². The van der Waals surface area contributed by atoms with Gasteiger partial charge < -0.3 is 20.1 Å². The molecule has 0 radical (unpaired) electrons. The minimum atomic E-state index is -0.351. The molecule has 2 N–H and O–H groups in total. The Morgan fingerprint density at radius 2 is 2.33 bits per heavy atom. The predicted octanol–water partition coefficient (Wildman–Crippen LogP) is 0.376. The molecule has 1 unspecified atom stereocenters. The smallest absolute Gasteiger partial charge is 0.308 e. The number of hydrogen-bond donors (Lipinski definition) is 1. The van der Waals surface area contributed by atoms with Gasteiger partial charge in [0.2, 0.25) is 0 Å². The second kappa shape index (κ2) is 6.53. The van der Waals surface area contributed by atoms with Crippen molar-refractivity contribution in [2.45, 2.75) is 19.4 Å². The number of pyridine rings is 1. The molecule has 0 aromatic carbocycles. The molecule has 2 heterocycles. The van der Waals surface area contributed by atoms with Crippen molar-refractivity contribution in [3.05, 3.63) is 23.5 Å². The number of rotatable bonds is 3. The van der Waals surface area contributed by atoms with Crippen LogP contribution in [0.1, 0.15) is 22.5 Å². The number of anilines is 1. The van der Waals surface area contributed by atoms with E-state index < -0.39 is 0 Å². The lowest BCUT2D eigenvalue weighted by Gasteiger charge is -2.32. The summed E-state index contributed by atoms with van der Waals surface area (Å²) in [5.41, 5.74) is 7.24. The first-order valence-electron chi connectivity index (χ1n) is 6.71. The molecular weight excluding hydrogens is 274 g/mol. The molecule has 1 aliphatic heterocycles. The maximum Gasteiger partial charge on any atom is 0.308 e. The number of morpholine rings is 1. The highest BCUT2D eigenvalue weighted by Crippen LogP contribution is 2.16. The van der Waals surface area contributed by atoms with E-state index in [0.717, 1.165) is 0 Å². The summed E-state index contributed by atoms with van der Waals surface area (Å²) in [4.78, 5) is 29.6. The Morgan fingerprint density at radius 1 is 1.57 bits per heavy atom. The number of carbonyl (C=O) groups excluding carboxylic acids is 2. The fourth-order valence-electron chi connectivity index (χ4n) is 2.23. The number of methoxy groups -OCH3 is 1. The molecule has 1 fully saturated rings. The first-order valence-corrected chi connectivity index (χ1v) is 6.71. The van der Waals surface area contributed by atoms with E-state index in [1.807, 2.05) is 0 Å². The van der Waals surface area contributed by atoms with Crippen molar-refractivity contribution in [2.24, 2.45) is 0 Å². The van der Waals surface area contributed by atoms with Gasteiger partial charge in [-0.2, -0.15) is 0 Å². The minimum Gasteiger partial charge on any atom is -0.469 e. The van der Waals surface area contributed by atoms with E-state index in [2.05, 4.69) is 9.72 Å². The van der Waals surface area contributed by atoms with E-state index in [-0.39, 0.29) is 24.4 Å². The average Bonchev–Trinajstić information content (AvgIpc) is 2.49. The standard InChI is InChI=1S/C14H19N3O4/c1-9-12(5-10(15)7-16-9)14(19)17-3-4-21-11(8-17)6-13(18)20-2/h5,7,11H,3-4,6,8,15H2,1-2H3. The van der Waals surface area contributed by atoms with Gasteiger partial charge in [0, 0.05) is 13.1 Å². The molecule has 1 saturated heterocycles. The largest absolute Gasteiger partial charge is 0.469 e. The Kier molecular flexibility index (Phi) is 4.74. The lowest BCUT2D eigenvalue weighted by molar-refractivity contribution is -0.145. The monoisotopic (exact) mass is 293 g/mol. The second-order valence-electron chi connectivity index (χ2n) is 4.93. The van der Waals surface area contributed by atoms with Gasteiger partial charge >= 0.3 is 5.97 Å². The highest BCUT2D eigenvalue weighted by molar-refractivity contribution is 5.96. The molecular formula is C14H19N3O4. The highest BCUT2D eigenvalue weighted by Gasteiger charge is 2.27. The van der Waals surface area contributed by atoms with Gasteiger partial charge in [-0.25, -0.2) is 0 Å². The van der Waals surface area contributed by atoms with Crippen LogP contribution in [0.4, 0.5) is 5.69 Å². The second-order valence-corrected chi connectivity index (χ2v) is 4.93. The SMILES string of the molecule is COC(=O)CC1CN(C(=O)c2cc(N)cnc2C)CCO1. The van der Waals surface area contributed by atoms with E-state index in [1.165, 1.54) is 13.3 Å². The van der Waals surface area contributed by atoms with Gasteiger partial charge in [-0.1, -0.05) is 0 Å². The molecule has 1 amide bonds. The van der Waals surface area contributed by atoms with Crippen LogP contribution in [0.25, 0.3) is 0 Å². The fraction of sp³-hybridized carbons (Fsp3) is 0.500. The van der Waals surface area contributed by atoms with Crippen LogP contribution in [0.2, 0.25) is 0 Å². The molecule has 1 atom stereocenters. The van der Waals surface area contributed by atoms with E-state index in [1.54, 1.807) is 17.9 Å². The van der Waals surface area contributed by atoms with E-state index in [0.29, 0.717) is 36.6 Å². The van der Waals surface area contributed by atoms with Crippen molar-refractivity contribution in [1.82, 2.24) is 9.88 Å². The Labute approximate surface area is 123 Å². The molecule has 0 saturated carbocycles. The van der Waals surface area contributed by atoms with Crippen molar-refractivity contribution < 1.29 is 19.1 Å². The molecule has 7 heteroatoms. The number of nitrogen functional groups attached to an aromatic ring is 1. The number of aryl methyl sites for hydroxylation is 1. The van der Waals surface area contributed by atoms with Gasteiger partial charge in [0.25, 0.3) is 5.91 Å². The minimum absolute atomic E-state index is 0.133. The van der Waals surface area contributed by atoms with Crippen LogP contribution < -0.4 is 5.73 Å². The maximum atomic E-state index is 12.5. The Morgan fingerprint density at radius 3 is 3.05 bits per heavy atom. The number of ether oxygens (including phenoxy) is 2. The molecule has 1 aliphatic rings. The van der Waals surface area contributed by atoms with Crippen molar-refractivity contribution in [3.8, 4) is 0 Å². The van der Waals surface area contributed by atoms with E-state index in [9.17, 15) is 9.59 Å². The number of aromatic nitrogens is 1. The number of carbonyl (C=O) groups is 2. The van der Waals surface area contributed by atoms with Gasteiger partial charge in [0.1, 0.15) is 0 Å². The van der Waals surface area contributed by atoms with Crippen LogP contribution in [0, 0.1) is 6.92 Å². The van der Waals surface area contributed by atoms with Crippen molar-refractivity contribution in [3.63, 3.8) is 0 Å². The number of amides is 1. The number of nitrogens with two attached hydrogens (primary N) is 1. The summed E-state index contributed by atoms with van der Waals surface area (Å²) >= 11 is 0. The third-order valence-corrected chi connectivity index (χ3v) is 3.39. The van der Waals surface area contributed by atoms with Gasteiger partial charge in [0.15, 0.2) is 0 Å². The molecule has 0 bridgehead atoms. The van der Waals surface area contributed by atoms with Crippen molar-refractivity contribution in [2.75, 3.05) is 32.5 Å². The summed E-state index contributed by atoms with van der Waals surface area (Å²) in [6.45, 7) is 2.98. The van der Waals surface area contributed by atoms with Crippen LogP contribution in [0.15, 0.2) is 12.3 Å². The fourth-order valence-corrected chi connectivity index (χ4v) is 2.23. The summed E-state index contributed by atoms with van der Waals surface area (Å²) in [6, 6.07) is 1.62. The van der Waals surface area contributed by atoms with Crippen molar-refractivity contribution >= 4 is 17.6 Å². The predicted molar refractivity (Wildman–Crippen MR) is 75.7 cm³/mol. The Bertz CT molecular complexity index is 547. The van der Waals surface area contributed by atoms with E-state index >= 15 is 0 Å².